The Hall–Kier alpha value is -2.15. The summed E-state index contributed by atoms with van der Waals surface area (Å²) in [5.41, 5.74) is 0. The van der Waals surface area contributed by atoms with Gasteiger partial charge in [0.2, 0.25) is 5.91 Å². The molecule has 0 fully saturated rings. The molecule has 0 bridgehead atoms. The number of hydrogen-bond acceptors (Lipinski definition) is 4. The molecule has 0 saturated carbocycles. The van der Waals surface area contributed by atoms with E-state index in [2.05, 4.69) is 5.32 Å². The van der Waals surface area contributed by atoms with Crippen molar-refractivity contribution in [2.75, 3.05) is 33.3 Å². The molecular weight excluding hydrogens is 267 g/mol. The van der Waals surface area contributed by atoms with E-state index in [9.17, 15) is 14.0 Å². The van der Waals surface area contributed by atoms with Crippen LogP contribution in [0.25, 0.3) is 0 Å². The third kappa shape index (κ3) is 6.69. The lowest BCUT2D eigenvalue weighted by molar-refractivity contribution is -0.138. The minimum absolute atomic E-state index is 0.0834. The van der Waals surface area contributed by atoms with E-state index in [0.29, 0.717) is 18.9 Å². The summed E-state index contributed by atoms with van der Waals surface area (Å²) in [5, 5.41) is 10.7. The average molecular weight is 284 g/mol. The third-order valence-electron chi connectivity index (χ3n) is 2.41. The molecule has 6 nitrogen and oxygen atoms in total. The number of benzene rings is 1. The third-order valence-corrected chi connectivity index (χ3v) is 2.41. The van der Waals surface area contributed by atoms with Gasteiger partial charge in [-0.3, -0.25) is 14.5 Å². The second-order valence-corrected chi connectivity index (χ2v) is 4.21. The van der Waals surface area contributed by atoms with Crippen LogP contribution >= 0.6 is 0 Å². The molecule has 1 aromatic rings. The Bertz CT molecular complexity index is 450. The monoisotopic (exact) mass is 284 g/mol. The van der Waals surface area contributed by atoms with Crippen LogP contribution in [0.5, 0.6) is 5.75 Å². The average Bonchev–Trinajstić information content (AvgIpc) is 2.38. The van der Waals surface area contributed by atoms with E-state index in [-0.39, 0.29) is 18.3 Å². The highest BCUT2D eigenvalue weighted by atomic mass is 19.1. The molecule has 0 heterocycles. The van der Waals surface area contributed by atoms with E-state index in [1.54, 1.807) is 11.9 Å². The molecule has 0 atom stereocenters. The van der Waals surface area contributed by atoms with Crippen LogP contribution in [0, 0.1) is 5.82 Å². The maximum atomic E-state index is 12.7. The summed E-state index contributed by atoms with van der Waals surface area (Å²) in [4.78, 5) is 23.3. The van der Waals surface area contributed by atoms with Crippen LogP contribution in [0.2, 0.25) is 0 Å². The van der Waals surface area contributed by atoms with Gasteiger partial charge in [0.15, 0.2) is 0 Å². The molecule has 1 rings (SSSR count). The van der Waals surface area contributed by atoms with Crippen LogP contribution < -0.4 is 10.1 Å². The maximum absolute atomic E-state index is 12.7. The van der Waals surface area contributed by atoms with Crippen molar-refractivity contribution in [1.82, 2.24) is 10.2 Å². The van der Waals surface area contributed by atoms with Crippen LogP contribution in [0.3, 0.4) is 0 Å². The van der Waals surface area contributed by atoms with Gasteiger partial charge in [0.1, 0.15) is 24.7 Å². The summed E-state index contributed by atoms with van der Waals surface area (Å²) in [5.74, 6) is -1.22. The van der Waals surface area contributed by atoms with Crippen molar-refractivity contribution in [2.24, 2.45) is 0 Å². The smallest absolute Gasteiger partial charge is 0.322 e. The second-order valence-electron chi connectivity index (χ2n) is 4.21. The van der Waals surface area contributed by atoms with Gasteiger partial charge in [-0.25, -0.2) is 4.39 Å². The molecule has 0 saturated heterocycles. The molecule has 1 amide bonds. The first-order valence-electron chi connectivity index (χ1n) is 6.03. The molecule has 0 spiro atoms. The zero-order valence-electron chi connectivity index (χ0n) is 11.1. The van der Waals surface area contributed by atoms with Crippen LogP contribution in [-0.4, -0.2) is 55.2 Å². The lowest BCUT2D eigenvalue weighted by Crippen LogP contribution is -2.38. The highest BCUT2D eigenvalue weighted by molar-refractivity contribution is 5.82. The zero-order chi connectivity index (χ0) is 15.0. The number of nitrogens with zero attached hydrogens (tertiary/aromatic N) is 1. The number of halogens is 1. The number of ether oxygens (including phenoxy) is 1. The molecular formula is C13H17FN2O4. The first kappa shape index (κ1) is 15.9. The van der Waals surface area contributed by atoms with Gasteiger partial charge in [0, 0.05) is 6.54 Å². The molecule has 110 valence electrons. The predicted octanol–water partition coefficient (Wildman–Crippen LogP) is 0.337. The minimum Gasteiger partial charge on any atom is -0.492 e. The van der Waals surface area contributed by atoms with E-state index in [1.165, 1.54) is 24.3 Å². The number of hydrogen-bond donors (Lipinski definition) is 2. The minimum atomic E-state index is -1.08. The van der Waals surface area contributed by atoms with E-state index >= 15 is 0 Å². The molecule has 0 radical (unpaired) electrons. The molecule has 0 aliphatic rings. The second kappa shape index (κ2) is 8.11. The van der Waals surface area contributed by atoms with Crippen molar-refractivity contribution >= 4 is 11.9 Å². The quantitative estimate of drug-likeness (QED) is 0.719. The fourth-order valence-corrected chi connectivity index (χ4v) is 1.40. The molecule has 1 aromatic carbocycles. The summed E-state index contributed by atoms with van der Waals surface area (Å²) in [7, 11) is 1.72. The summed E-state index contributed by atoms with van der Waals surface area (Å²) in [6.45, 7) is 0.519. The number of rotatable bonds is 8. The Morgan fingerprint density at radius 1 is 1.35 bits per heavy atom. The SMILES string of the molecule is CN(CCOc1ccc(F)cc1)CC(=O)NCC(=O)O. The number of carbonyl (C=O) groups excluding carboxylic acids is 1. The van der Waals surface area contributed by atoms with Crippen LogP contribution in [0.4, 0.5) is 4.39 Å². The topological polar surface area (TPSA) is 78.9 Å². The number of likely N-dealkylation sites (N-methyl/N-ethyl adjacent to an activating group) is 1. The van der Waals surface area contributed by atoms with Gasteiger partial charge in [-0.15, -0.1) is 0 Å². The van der Waals surface area contributed by atoms with Gasteiger partial charge in [-0.05, 0) is 31.3 Å². The number of carboxylic acid groups (broad SMARTS) is 1. The van der Waals surface area contributed by atoms with E-state index in [0.717, 1.165) is 0 Å². The summed E-state index contributed by atoms with van der Waals surface area (Å²) in [6, 6.07) is 5.65. The maximum Gasteiger partial charge on any atom is 0.322 e. The Kier molecular flexibility index (Phi) is 6.45. The zero-order valence-corrected chi connectivity index (χ0v) is 11.1. The van der Waals surface area contributed by atoms with Crippen LogP contribution in [-0.2, 0) is 9.59 Å². The van der Waals surface area contributed by atoms with Crippen molar-refractivity contribution in [3.05, 3.63) is 30.1 Å². The molecule has 0 unspecified atom stereocenters. The Labute approximate surface area is 116 Å². The van der Waals surface area contributed by atoms with E-state index in [4.69, 9.17) is 9.84 Å². The number of carboxylic acids is 1. The molecule has 20 heavy (non-hydrogen) atoms. The highest BCUT2D eigenvalue weighted by Gasteiger charge is 2.07. The van der Waals surface area contributed by atoms with Crippen molar-refractivity contribution in [3.63, 3.8) is 0 Å². The van der Waals surface area contributed by atoms with E-state index < -0.39 is 12.5 Å². The number of nitrogens with one attached hydrogen (secondary N) is 1. The number of carbonyl (C=O) groups is 2. The lowest BCUT2D eigenvalue weighted by Gasteiger charge is -2.16. The molecule has 0 aliphatic heterocycles. The lowest BCUT2D eigenvalue weighted by atomic mass is 10.3. The molecule has 7 heteroatoms. The fourth-order valence-electron chi connectivity index (χ4n) is 1.40. The van der Waals surface area contributed by atoms with Gasteiger partial charge >= 0.3 is 5.97 Å². The van der Waals surface area contributed by atoms with Crippen molar-refractivity contribution in [2.45, 2.75) is 0 Å². The molecule has 0 aliphatic carbocycles. The van der Waals surface area contributed by atoms with Gasteiger partial charge in [0.25, 0.3) is 0 Å². The first-order chi connectivity index (χ1) is 9.47. The van der Waals surface area contributed by atoms with Gasteiger partial charge in [0.05, 0.1) is 6.54 Å². The van der Waals surface area contributed by atoms with Crippen molar-refractivity contribution < 1.29 is 23.8 Å². The van der Waals surface area contributed by atoms with Crippen LogP contribution in [0.15, 0.2) is 24.3 Å². The van der Waals surface area contributed by atoms with E-state index in [1.807, 2.05) is 0 Å². The van der Waals surface area contributed by atoms with Crippen LogP contribution in [0.1, 0.15) is 0 Å². The van der Waals surface area contributed by atoms with Crippen molar-refractivity contribution in [1.29, 1.82) is 0 Å². The summed E-state index contributed by atoms with van der Waals surface area (Å²) >= 11 is 0. The Morgan fingerprint density at radius 2 is 2.00 bits per heavy atom. The molecule has 0 aromatic heterocycles. The number of amides is 1. The van der Waals surface area contributed by atoms with Gasteiger partial charge in [-0.2, -0.15) is 0 Å². The first-order valence-corrected chi connectivity index (χ1v) is 6.03. The Morgan fingerprint density at radius 3 is 2.60 bits per heavy atom. The normalized spacial score (nSPS) is 10.3. The van der Waals surface area contributed by atoms with Gasteiger partial charge < -0.3 is 15.2 Å². The number of aliphatic carboxylic acids is 1. The summed E-state index contributed by atoms with van der Waals surface area (Å²) < 4.78 is 18.0. The Balaban J connectivity index is 2.19. The van der Waals surface area contributed by atoms with Crippen molar-refractivity contribution in [3.8, 4) is 5.75 Å². The van der Waals surface area contributed by atoms with Gasteiger partial charge in [-0.1, -0.05) is 0 Å². The summed E-state index contributed by atoms with van der Waals surface area (Å²) in [6.07, 6.45) is 0. The largest absolute Gasteiger partial charge is 0.492 e. The fraction of sp³-hybridized carbons (Fsp3) is 0.385. The predicted molar refractivity (Wildman–Crippen MR) is 70.0 cm³/mol. The molecule has 2 N–H and O–H groups in total. The highest BCUT2D eigenvalue weighted by Crippen LogP contribution is 2.10. The standard InChI is InChI=1S/C13H17FN2O4/c1-16(9-12(17)15-8-13(18)19)6-7-20-11-4-2-10(14)3-5-11/h2-5H,6-9H2,1H3,(H,15,17)(H,18,19).